The van der Waals surface area contributed by atoms with Gasteiger partial charge >= 0.3 is 0 Å². The van der Waals surface area contributed by atoms with Crippen molar-refractivity contribution < 1.29 is 13.2 Å². The fourth-order valence-electron chi connectivity index (χ4n) is 3.00. The standard InChI is InChI=1S/C22H27N3O3S/c1-5-28-19-14-10-9-13-18(19)24-29(26,27)20-16-25(23-21(20)22(2,3)4)15-17-11-7-6-8-12-17/h6-14,16,24H,5,15H2,1-4H3. The highest BCUT2D eigenvalue weighted by molar-refractivity contribution is 7.92. The second kappa shape index (κ2) is 8.29. The molecule has 0 fully saturated rings. The predicted octanol–water partition coefficient (Wildman–Crippen LogP) is 4.43. The molecule has 0 atom stereocenters. The quantitative estimate of drug-likeness (QED) is 0.622. The summed E-state index contributed by atoms with van der Waals surface area (Å²) in [7, 11) is -3.85. The fourth-order valence-corrected chi connectivity index (χ4v) is 4.43. The van der Waals surface area contributed by atoms with Gasteiger partial charge in [-0.1, -0.05) is 63.2 Å². The van der Waals surface area contributed by atoms with Crippen LogP contribution < -0.4 is 9.46 Å². The first-order chi connectivity index (χ1) is 13.7. The molecule has 0 radical (unpaired) electrons. The van der Waals surface area contributed by atoms with Crippen molar-refractivity contribution >= 4 is 15.7 Å². The number of nitrogens with zero attached hydrogens (tertiary/aromatic N) is 2. The Morgan fingerprint density at radius 3 is 2.34 bits per heavy atom. The molecule has 6 nitrogen and oxygen atoms in total. The summed E-state index contributed by atoms with van der Waals surface area (Å²) in [6.07, 6.45) is 1.60. The molecule has 29 heavy (non-hydrogen) atoms. The smallest absolute Gasteiger partial charge is 0.265 e. The molecule has 154 valence electrons. The van der Waals surface area contributed by atoms with Crippen LogP contribution in [0.25, 0.3) is 0 Å². The molecule has 0 aliphatic rings. The lowest BCUT2D eigenvalue weighted by Gasteiger charge is -2.18. The van der Waals surface area contributed by atoms with Crippen molar-refractivity contribution in [2.75, 3.05) is 11.3 Å². The first-order valence-corrected chi connectivity index (χ1v) is 11.1. The van der Waals surface area contributed by atoms with E-state index in [9.17, 15) is 8.42 Å². The Bertz CT molecular complexity index is 1070. The molecule has 0 amide bonds. The van der Waals surface area contributed by atoms with Gasteiger partial charge in [-0.15, -0.1) is 0 Å². The summed E-state index contributed by atoms with van der Waals surface area (Å²) in [4.78, 5) is 0.173. The predicted molar refractivity (Wildman–Crippen MR) is 115 cm³/mol. The van der Waals surface area contributed by atoms with Crippen molar-refractivity contribution in [3.05, 3.63) is 72.1 Å². The SMILES string of the molecule is CCOc1ccccc1NS(=O)(=O)c1cn(Cc2ccccc2)nc1C(C)(C)C. The first kappa shape index (κ1) is 20.9. The maximum atomic E-state index is 13.3. The topological polar surface area (TPSA) is 73.2 Å². The van der Waals surface area contributed by atoms with E-state index >= 15 is 0 Å². The van der Waals surface area contributed by atoms with Crippen LogP contribution in [0.5, 0.6) is 5.75 Å². The second-order valence-corrected chi connectivity index (χ2v) is 9.46. The number of hydrogen-bond donors (Lipinski definition) is 1. The van der Waals surface area contributed by atoms with Crippen LogP contribution in [0.3, 0.4) is 0 Å². The number of hydrogen-bond acceptors (Lipinski definition) is 4. The van der Waals surface area contributed by atoms with Gasteiger partial charge in [0.15, 0.2) is 0 Å². The van der Waals surface area contributed by atoms with Gasteiger partial charge in [0.1, 0.15) is 10.6 Å². The molecule has 0 aliphatic carbocycles. The molecule has 0 unspecified atom stereocenters. The van der Waals surface area contributed by atoms with E-state index in [0.717, 1.165) is 5.56 Å². The van der Waals surface area contributed by atoms with E-state index < -0.39 is 15.4 Å². The van der Waals surface area contributed by atoms with Crippen LogP contribution in [0.1, 0.15) is 39.0 Å². The van der Waals surface area contributed by atoms with Gasteiger partial charge in [-0.25, -0.2) is 8.42 Å². The van der Waals surface area contributed by atoms with E-state index in [1.54, 1.807) is 35.1 Å². The fraction of sp³-hybridized carbons (Fsp3) is 0.318. The van der Waals surface area contributed by atoms with Crippen molar-refractivity contribution in [1.82, 2.24) is 9.78 Å². The third-order valence-corrected chi connectivity index (χ3v) is 5.71. The number of rotatable bonds is 7. The van der Waals surface area contributed by atoms with Gasteiger partial charge in [0.25, 0.3) is 10.0 Å². The van der Waals surface area contributed by atoms with E-state index in [1.807, 2.05) is 58.0 Å². The molecule has 7 heteroatoms. The van der Waals surface area contributed by atoms with Crippen molar-refractivity contribution in [1.29, 1.82) is 0 Å². The van der Waals surface area contributed by atoms with Crippen molar-refractivity contribution in [2.24, 2.45) is 0 Å². The van der Waals surface area contributed by atoms with Crippen molar-refractivity contribution in [2.45, 2.75) is 44.6 Å². The molecule has 3 aromatic rings. The Balaban J connectivity index is 1.99. The summed E-state index contributed by atoms with van der Waals surface area (Å²) >= 11 is 0. The normalized spacial score (nSPS) is 12.0. The molecule has 0 saturated heterocycles. The maximum absolute atomic E-state index is 13.3. The van der Waals surface area contributed by atoms with Crippen LogP contribution in [0.15, 0.2) is 65.7 Å². The van der Waals surface area contributed by atoms with Crippen LogP contribution in [0.2, 0.25) is 0 Å². The molecular formula is C22H27N3O3S. The monoisotopic (exact) mass is 413 g/mol. The van der Waals surface area contributed by atoms with E-state index in [1.165, 1.54) is 0 Å². The molecule has 3 rings (SSSR count). The zero-order valence-electron chi connectivity index (χ0n) is 17.2. The minimum Gasteiger partial charge on any atom is -0.492 e. The lowest BCUT2D eigenvalue weighted by atomic mass is 9.92. The minimum atomic E-state index is -3.85. The van der Waals surface area contributed by atoms with Crippen molar-refractivity contribution in [3.8, 4) is 5.75 Å². The van der Waals surface area contributed by atoms with Gasteiger partial charge in [-0.05, 0) is 24.6 Å². The van der Waals surface area contributed by atoms with Crippen LogP contribution in [-0.4, -0.2) is 24.8 Å². The van der Waals surface area contributed by atoms with Gasteiger partial charge in [-0.2, -0.15) is 5.10 Å². The van der Waals surface area contributed by atoms with Crippen LogP contribution in [0.4, 0.5) is 5.69 Å². The molecule has 2 aromatic carbocycles. The van der Waals surface area contributed by atoms with Crippen molar-refractivity contribution in [3.63, 3.8) is 0 Å². The number of nitrogens with one attached hydrogen (secondary N) is 1. The first-order valence-electron chi connectivity index (χ1n) is 9.57. The van der Waals surface area contributed by atoms with Gasteiger partial charge in [-0.3, -0.25) is 9.40 Å². The third-order valence-electron chi connectivity index (χ3n) is 4.35. The Hall–Kier alpha value is -2.80. The van der Waals surface area contributed by atoms with Gasteiger partial charge in [0, 0.05) is 11.6 Å². The molecule has 0 aliphatic heterocycles. The van der Waals surface area contributed by atoms with Gasteiger partial charge in [0.2, 0.25) is 0 Å². The Morgan fingerprint density at radius 1 is 1.03 bits per heavy atom. The number of sulfonamides is 1. The highest BCUT2D eigenvalue weighted by Crippen LogP contribution is 2.31. The van der Waals surface area contributed by atoms with E-state index in [0.29, 0.717) is 30.3 Å². The van der Waals surface area contributed by atoms with Gasteiger partial charge < -0.3 is 4.74 Å². The average molecular weight is 414 g/mol. The highest BCUT2D eigenvalue weighted by atomic mass is 32.2. The zero-order chi connectivity index (χ0) is 21.1. The molecule has 0 saturated carbocycles. The summed E-state index contributed by atoms with van der Waals surface area (Å²) in [6.45, 7) is 8.66. The van der Waals surface area contributed by atoms with Crippen LogP contribution >= 0.6 is 0 Å². The third kappa shape index (κ3) is 4.98. The zero-order valence-corrected chi connectivity index (χ0v) is 18.0. The van der Waals surface area contributed by atoms with E-state index in [2.05, 4.69) is 9.82 Å². The summed E-state index contributed by atoms with van der Waals surface area (Å²) in [5.74, 6) is 0.493. The largest absolute Gasteiger partial charge is 0.492 e. The van der Waals surface area contributed by atoms with Gasteiger partial charge in [0.05, 0.1) is 24.5 Å². The van der Waals surface area contributed by atoms with Crippen LogP contribution in [-0.2, 0) is 22.0 Å². The lowest BCUT2D eigenvalue weighted by molar-refractivity contribution is 0.342. The Morgan fingerprint density at radius 2 is 1.69 bits per heavy atom. The van der Waals surface area contributed by atoms with E-state index in [4.69, 9.17) is 4.74 Å². The highest BCUT2D eigenvalue weighted by Gasteiger charge is 2.30. The number of benzene rings is 2. The summed E-state index contributed by atoms with van der Waals surface area (Å²) in [5.41, 5.74) is 1.54. The van der Waals surface area contributed by atoms with Crippen LogP contribution in [0, 0.1) is 0 Å². The number of anilines is 1. The molecule has 1 N–H and O–H groups in total. The lowest BCUT2D eigenvalue weighted by Crippen LogP contribution is -2.20. The minimum absolute atomic E-state index is 0.173. The summed E-state index contributed by atoms with van der Waals surface area (Å²) < 4.78 is 36.4. The van der Waals surface area contributed by atoms with E-state index in [-0.39, 0.29) is 4.90 Å². The summed E-state index contributed by atoms with van der Waals surface area (Å²) in [5, 5.41) is 4.61. The molecule has 0 bridgehead atoms. The molecule has 1 heterocycles. The Labute approximate surface area is 172 Å². The molecule has 1 aromatic heterocycles. The number of aromatic nitrogens is 2. The molecular weight excluding hydrogens is 386 g/mol. The number of ether oxygens (including phenoxy) is 1. The summed E-state index contributed by atoms with van der Waals surface area (Å²) in [6, 6.07) is 16.8. The average Bonchev–Trinajstić information content (AvgIpc) is 3.10. The molecule has 0 spiro atoms. The second-order valence-electron chi connectivity index (χ2n) is 7.81. The maximum Gasteiger partial charge on any atom is 0.265 e. The Kier molecular flexibility index (Phi) is 5.98. The number of para-hydroxylation sites is 2.